The van der Waals surface area contributed by atoms with Gasteiger partial charge in [0.25, 0.3) is 0 Å². The van der Waals surface area contributed by atoms with Gasteiger partial charge in [0, 0.05) is 18.8 Å². The summed E-state index contributed by atoms with van der Waals surface area (Å²) in [4.78, 5) is 4.36. The van der Waals surface area contributed by atoms with Crippen LogP contribution < -0.4 is 0 Å². The molecule has 19 heavy (non-hydrogen) atoms. The maximum absolute atomic E-state index is 14.0. The van der Waals surface area contributed by atoms with Crippen LogP contribution in [0.25, 0.3) is 11.0 Å². The number of halogens is 3. The van der Waals surface area contributed by atoms with E-state index in [1.165, 1.54) is 6.07 Å². The standard InChI is InChI=1S/C14H17ClF2N2/c1-14(2,3)8-19-11(6-7-15)18-10-5-4-9(16)12(17)13(10)19/h4-5H,6-8H2,1-3H3. The Kier molecular flexibility index (Phi) is 3.81. The van der Waals surface area contributed by atoms with Crippen LogP contribution in [0.2, 0.25) is 0 Å². The molecule has 5 heteroatoms. The normalized spacial score (nSPS) is 12.3. The van der Waals surface area contributed by atoms with Gasteiger partial charge < -0.3 is 4.57 Å². The highest BCUT2D eigenvalue weighted by atomic mass is 35.5. The van der Waals surface area contributed by atoms with E-state index < -0.39 is 11.6 Å². The lowest BCUT2D eigenvalue weighted by molar-refractivity contribution is 0.341. The number of fused-ring (bicyclic) bond motifs is 1. The second-order valence-electron chi connectivity index (χ2n) is 5.84. The van der Waals surface area contributed by atoms with Crippen LogP contribution >= 0.6 is 11.6 Å². The quantitative estimate of drug-likeness (QED) is 0.775. The summed E-state index contributed by atoms with van der Waals surface area (Å²) in [5.41, 5.74) is 0.645. The second kappa shape index (κ2) is 5.08. The molecule has 0 N–H and O–H groups in total. The molecule has 2 aromatic rings. The summed E-state index contributed by atoms with van der Waals surface area (Å²) in [6, 6.07) is 2.61. The Hall–Kier alpha value is -1.16. The summed E-state index contributed by atoms with van der Waals surface area (Å²) >= 11 is 5.76. The molecule has 0 saturated heterocycles. The van der Waals surface area contributed by atoms with Crippen molar-refractivity contribution in [3.8, 4) is 0 Å². The molecule has 0 bridgehead atoms. The van der Waals surface area contributed by atoms with Crippen molar-refractivity contribution >= 4 is 22.6 Å². The summed E-state index contributed by atoms with van der Waals surface area (Å²) in [5, 5.41) is 0. The first-order valence-corrected chi connectivity index (χ1v) is 6.76. The SMILES string of the molecule is CC(C)(C)Cn1c(CCCl)nc2ccc(F)c(F)c21. The van der Waals surface area contributed by atoms with E-state index in [9.17, 15) is 8.78 Å². The summed E-state index contributed by atoms with van der Waals surface area (Å²) in [6.45, 7) is 6.69. The van der Waals surface area contributed by atoms with Gasteiger partial charge in [0.05, 0.1) is 5.52 Å². The van der Waals surface area contributed by atoms with E-state index in [0.29, 0.717) is 30.2 Å². The lowest BCUT2D eigenvalue weighted by atomic mass is 9.96. The average molecular weight is 287 g/mol. The highest BCUT2D eigenvalue weighted by Gasteiger charge is 2.21. The molecule has 2 rings (SSSR count). The minimum atomic E-state index is -0.847. The van der Waals surface area contributed by atoms with Crippen LogP contribution in [0.3, 0.4) is 0 Å². The van der Waals surface area contributed by atoms with Gasteiger partial charge in [-0.1, -0.05) is 20.8 Å². The summed E-state index contributed by atoms with van der Waals surface area (Å²) < 4.78 is 29.2. The molecule has 1 aromatic carbocycles. The van der Waals surface area contributed by atoms with E-state index in [2.05, 4.69) is 4.98 Å². The molecule has 0 aliphatic carbocycles. The van der Waals surface area contributed by atoms with Crippen molar-refractivity contribution in [3.63, 3.8) is 0 Å². The third-order valence-corrected chi connectivity index (χ3v) is 3.02. The van der Waals surface area contributed by atoms with Crippen LogP contribution in [0.4, 0.5) is 8.78 Å². The number of hydrogen-bond donors (Lipinski definition) is 0. The third-order valence-electron chi connectivity index (χ3n) is 2.83. The Balaban J connectivity index is 2.67. The minimum absolute atomic E-state index is 0.0621. The summed E-state index contributed by atoms with van der Waals surface area (Å²) in [5.74, 6) is -0.586. The van der Waals surface area contributed by atoms with Crippen molar-refractivity contribution in [1.82, 2.24) is 9.55 Å². The number of benzene rings is 1. The van der Waals surface area contributed by atoms with Crippen LogP contribution in [0.1, 0.15) is 26.6 Å². The molecule has 0 fully saturated rings. The lowest BCUT2D eigenvalue weighted by Crippen LogP contribution is -2.18. The fourth-order valence-corrected chi connectivity index (χ4v) is 2.29. The van der Waals surface area contributed by atoms with Gasteiger partial charge in [-0.05, 0) is 17.5 Å². The molecule has 0 aliphatic heterocycles. The van der Waals surface area contributed by atoms with Crippen LogP contribution in [-0.2, 0) is 13.0 Å². The molecule has 104 valence electrons. The minimum Gasteiger partial charge on any atom is -0.325 e. The molecule has 0 atom stereocenters. The largest absolute Gasteiger partial charge is 0.325 e. The average Bonchev–Trinajstić information content (AvgIpc) is 2.61. The molecule has 0 aliphatic rings. The van der Waals surface area contributed by atoms with Crippen molar-refractivity contribution < 1.29 is 8.78 Å². The highest BCUT2D eigenvalue weighted by molar-refractivity contribution is 6.17. The van der Waals surface area contributed by atoms with Gasteiger partial charge in [-0.2, -0.15) is 0 Å². The zero-order valence-corrected chi connectivity index (χ0v) is 12.1. The topological polar surface area (TPSA) is 17.8 Å². The fourth-order valence-electron chi connectivity index (χ4n) is 2.13. The molecular weight excluding hydrogens is 270 g/mol. The number of nitrogens with zero attached hydrogens (tertiary/aromatic N) is 2. The van der Waals surface area contributed by atoms with E-state index in [1.54, 1.807) is 4.57 Å². The summed E-state index contributed by atoms with van der Waals surface area (Å²) in [7, 11) is 0. The number of aromatic nitrogens is 2. The van der Waals surface area contributed by atoms with E-state index in [0.717, 1.165) is 6.07 Å². The molecule has 2 nitrogen and oxygen atoms in total. The van der Waals surface area contributed by atoms with Gasteiger partial charge in [0.1, 0.15) is 11.3 Å². The molecule has 1 aromatic heterocycles. The maximum atomic E-state index is 14.0. The second-order valence-corrected chi connectivity index (χ2v) is 6.22. The number of hydrogen-bond acceptors (Lipinski definition) is 1. The molecule has 1 heterocycles. The zero-order chi connectivity index (χ0) is 14.2. The van der Waals surface area contributed by atoms with Crippen molar-refractivity contribution in [3.05, 3.63) is 29.6 Å². The molecule has 0 spiro atoms. The first-order valence-electron chi connectivity index (χ1n) is 6.22. The molecule has 0 saturated carbocycles. The first kappa shape index (κ1) is 14.3. The Morgan fingerprint density at radius 3 is 2.53 bits per heavy atom. The monoisotopic (exact) mass is 286 g/mol. The van der Waals surface area contributed by atoms with Crippen molar-refractivity contribution in [2.24, 2.45) is 5.41 Å². The smallest absolute Gasteiger partial charge is 0.184 e. The Labute approximate surface area is 116 Å². The van der Waals surface area contributed by atoms with Gasteiger partial charge in [0.2, 0.25) is 0 Å². The van der Waals surface area contributed by atoms with Crippen LogP contribution in [0, 0.1) is 17.0 Å². The predicted octanol–water partition coefficient (Wildman–Crippen LogP) is 4.14. The first-order chi connectivity index (χ1) is 8.83. The van der Waals surface area contributed by atoms with Gasteiger partial charge in [-0.25, -0.2) is 13.8 Å². The van der Waals surface area contributed by atoms with E-state index in [4.69, 9.17) is 11.6 Å². The predicted molar refractivity (Wildman–Crippen MR) is 73.5 cm³/mol. The number of aryl methyl sites for hydroxylation is 1. The lowest BCUT2D eigenvalue weighted by Gasteiger charge is -2.21. The van der Waals surface area contributed by atoms with Gasteiger partial charge in [-0.3, -0.25) is 0 Å². The Morgan fingerprint density at radius 1 is 1.26 bits per heavy atom. The van der Waals surface area contributed by atoms with Crippen LogP contribution in [0.15, 0.2) is 12.1 Å². The van der Waals surface area contributed by atoms with Crippen molar-refractivity contribution in [2.75, 3.05) is 5.88 Å². The van der Waals surface area contributed by atoms with Crippen molar-refractivity contribution in [2.45, 2.75) is 33.7 Å². The van der Waals surface area contributed by atoms with Crippen LogP contribution in [-0.4, -0.2) is 15.4 Å². The van der Waals surface area contributed by atoms with E-state index in [-0.39, 0.29) is 10.9 Å². The van der Waals surface area contributed by atoms with Crippen molar-refractivity contribution in [1.29, 1.82) is 0 Å². The Bertz CT molecular complexity index is 599. The highest BCUT2D eigenvalue weighted by Crippen LogP contribution is 2.26. The van der Waals surface area contributed by atoms with E-state index in [1.807, 2.05) is 20.8 Å². The molecule has 0 radical (unpaired) electrons. The molecular formula is C14H17ClF2N2. The number of rotatable bonds is 3. The Morgan fingerprint density at radius 2 is 1.95 bits per heavy atom. The number of alkyl halides is 1. The maximum Gasteiger partial charge on any atom is 0.184 e. The molecule has 0 unspecified atom stereocenters. The fraction of sp³-hybridized carbons (Fsp3) is 0.500. The van der Waals surface area contributed by atoms with Gasteiger partial charge >= 0.3 is 0 Å². The molecule has 0 amide bonds. The van der Waals surface area contributed by atoms with Gasteiger partial charge in [0.15, 0.2) is 11.6 Å². The van der Waals surface area contributed by atoms with Crippen LogP contribution in [0.5, 0.6) is 0 Å². The number of imidazole rings is 1. The summed E-state index contributed by atoms with van der Waals surface area (Å²) in [6.07, 6.45) is 0.535. The zero-order valence-electron chi connectivity index (χ0n) is 11.3. The van der Waals surface area contributed by atoms with E-state index >= 15 is 0 Å². The van der Waals surface area contributed by atoms with Gasteiger partial charge in [-0.15, -0.1) is 11.6 Å². The third kappa shape index (κ3) is 2.89.